The second-order valence-electron chi connectivity index (χ2n) is 9.85. The first-order valence-corrected chi connectivity index (χ1v) is 18.5. The molecule has 1 unspecified atom stereocenters. The van der Waals surface area contributed by atoms with Crippen molar-refractivity contribution < 1.29 is 56.6 Å². The first kappa shape index (κ1) is 43.7. The van der Waals surface area contributed by atoms with Crippen molar-refractivity contribution in [3.05, 3.63) is 0 Å². The molecular weight excluding hydrogens is 617 g/mol. The molecule has 1 atom stereocenters. The third-order valence-electron chi connectivity index (χ3n) is 5.41. The topological polar surface area (TPSA) is 144 Å². The molecule has 0 rings (SSSR count). The maximum Gasteiger partial charge on any atom is 0.222 e. The standard InChI is InChI=1S/C29H60NO12PS/c1-4-11-33-14-16-35-18-20-37-22-24-39-26-27-40-25-23-38-21-19-36-17-15-34-13-9-29(31)30-10-7-5-6-8-12-41-43(32,44)42-28(2)3/h28H,4-27H2,1-3H3,(H,30,31)(H,32,44)/p-1. The maximum atomic E-state index is 11.9. The highest BCUT2D eigenvalue weighted by atomic mass is 32.5. The van der Waals surface area contributed by atoms with E-state index in [2.05, 4.69) is 12.2 Å². The molecule has 0 aromatic carbocycles. The summed E-state index contributed by atoms with van der Waals surface area (Å²) in [6.07, 6.45) is 4.54. The van der Waals surface area contributed by atoms with Crippen LogP contribution in [0.4, 0.5) is 0 Å². The smallest absolute Gasteiger partial charge is 0.222 e. The molecule has 0 saturated carbocycles. The van der Waals surface area contributed by atoms with E-state index in [1.54, 1.807) is 13.8 Å². The van der Waals surface area contributed by atoms with E-state index in [-0.39, 0.29) is 12.0 Å². The van der Waals surface area contributed by atoms with Crippen LogP contribution in [0.25, 0.3) is 0 Å². The van der Waals surface area contributed by atoms with Gasteiger partial charge < -0.3 is 57.2 Å². The average molecular weight is 677 g/mol. The van der Waals surface area contributed by atoms with Crippen LogP contribution in [-0.2, 0) is 63.5 Å². The number of nitrogens with one attached hydrogen (secondary N) is 1. The zero-order chi connectivity index (χ0) is 32.4. The Morgan fingerprint density at radius 1 is 0.614 bits per heavy atom. The molecule has 44 heavy (non-hydrogen) atoms. The molecule has 1 amide bonds. The fourth-order valence-electron chi connectivity index (χ4n) is 3.31. The van der Waals surface area contributed by atoms with Gasteiger partial charge in [-0.3, -0.25) is 4.79 Å². The van der Waals surface area contributed by atoms with Gasteiger partial charge in [0, 0.05) is 19.6 Å². The average Bonchev–Trinajstić information content (AvgIpc) is 2.97. The molecule has 0 fully saturated rings. The number of hydrogen-bond donors (Lipinski definition) is 1. The monoisotopic (exact) mass is 676 g/mol. The molecule has 264 valence electrons. The molecule has 0 aliphatic rings. The van der Waals surface area contributed by atoms with Crippen molar-refractivity contribution in [2.75, 3.05) is 119 Å². The van der Waals surface area contributed by atoms with Gasteiger partial charge in [-0.2, -0.15) is 0 Å². The Morgan fingerprint density at radius 2 is 1.00 bits per heavy atom. The molecule has 0 aromatic heterocycles. The summed E-state index contributed by atoms with van der Waals surface area (Å²) in [5.41, 5.74) is 0. The van der Waals surface area contributed by atoms with Gasteiger partial charge in [0.1, 0.15) is 6.72 Å². The molecule has 0 aromatic rings. The predicted octanol–water partition coefficient (Wildman–Crippen LogP) is 2.62. The Labute approximate surface area is 270 Å². The molecule has 0 aliphatic carbocycles. The number of amides is 1. The van der Waals surface area contributed by atoms with E-state index < -0.39 is 6.72 Å². The molecule has 13 nitrogen and oxygen atoms in total. The summed E-state index contributed by atoms with van der Waals surface area (Å²) in [6.45, 7) is 11.4. The summed E-state index contributed by atoms with van der Waals surface area (Å²) in [5, 5.41) is 2.88. The molecule has 0 heterocycles. The van der Waals surface area contributed by atoms with Crippen LogP contribution < -0.4 is 10.2 Å². The van der Waals surface area contributed by atoms with Crippen LogP contribution in [0.3, 0.4) is 0 Å². The van der Waals surface area contributed by atoms with Crippen LogP contribution in [0.15, 0.2) is 0 Å². The van der Waals surface area contributed by atoms with Crippen molar-refractivity contribution in [3.8, 4) is 0 Å². The number of carbonyl (C=O) groups excluding carboxylic acids is 1. The Kier molecular flexibility index (Phi) is 33.8. The summed E-state index contributed by atoms with van der Waals surface area (Å²) >= 11 is 4.82. The summed E-state index contributed by atoms with van der Waals surface area (Å²) in [5.74, 6) is -0.0375. The lowest BCUT2D eigenvalue weighted by molar-refractivity contribution is -0.209. The summed E-state index contributed by atoms with van der Waals surface area (Å²) in [6, 6.07) is 0. The van der Waals surface area contributed by atoms with Crippen LogP contribution in [0.5, 0.6) is 0 Å². The molecule has 1 N–H and O–H groups in total. The fraction of sp³-hybridized carbons (Fsp3) is 0.966. The van der Waals surface area contributed by atoms with Crippen LogP contribution in [0.2, 0.25) is 0 Å². The molecule has 15 heteroatoms. The predicted molar refractivity (Wildman–Crippen MR) is 169 cm³/mol. The van der Waals surface area contributed by atoms with Gasteiger partial charge in [-0.05, 0) is 33.1 Å². The Hall–Kier alpha value is -0.320. The Balaban J connectivity index is 3.21. The lowest BCUT2D eigenvalue weighted by atomic mass is 10.2. The molecule has 0 radical (unpaired) electrons. The highest BCUT2D eigenvalue weighted by Gasteiger charge is 2.06. The third kappa shape index (κ3) is 36.2. The van der Waals surface area contributed by atoms with E-state index in [1.807, 2.05) is 0 Å². The zero-order valence-corrected chi connectivity index (χ0v) is 29.0. The minimum atomic E-state index is -3.37. The van der Waals surface area contributed by atoms with Gasteiger partial charge >= 0.3 is 0 Å². The van der Waals surface area contributed by atoms with Crippen molar-refractivity contribution in [3.63, 3.8) is 0 Å². The van der Waals surface area contributed by atoms with Gasteiger partial charge in [0.05, 0.1) is 112 Å². The summed E-state index contributed by atoms with van der Waals surface area (Å²) in [7, 11) is 0. The number of rotatable bonds is 36. The maximum absolute atomic E-state index is 11.9. The lowest BCUT2D eigenvalue weighted by Crippen LogP contribution is -2.25. The van der Waals surface area contributed by atoms with Gasteiger partial charge in [0.2, 0.25) is 5.91 Å². The fourth-order valence-corrected chi connectivity index (χ4v) is 4.98. The van der Waals surface area contributed by atoms with Crippen LogP contribution in [0.1, 0.15) is 59.3 Å². The van der Waals surface area contributed by atoms with Crippen LogP contribution >= 0.6 is 6.72 Å². The number of unbranched alkanes of at least 4 members (excludes halogenated alkanes) is 3. The largest absolute Gasteiger partial charge is 0.780 e. The van der Waals surface area contributed by atoms with E-state index in [4.69, 9.17) is 58.7 Å². The zero-order valence-electron chi connectivity index (χ0n) is 27.3. The van der Waals surface area contributed by atoms with Crippen molar-refractivity contribution in [2.45, 2.75) is 65.4 Å². The second-order valence-corrected chi connectivity index (χ2v) is 12.6. The van der Waals surface area contributed by atoms with Gasteiger partial charge in [-0.1, -0.05) is 31.6 Å². The van der Waals surface area contributed by atoms with E-state index >= 15 is 0 Å². The number of hydrogen-bond acceptors (Lipinski definition) is 13. The van der Waals surface area contributed by atoms with Crippen LogP contribution in [0, 0.1) is 0 Å². The Bertz CT molecular complexity index is 666. The molecule has 0 aliphatic heterocycles. The highest BCUT2D eigenvalue weighted by Crippen LogP contribution is 2.40. The third-order valence-corrected chi connectivity index (χ3v) is 7.16. The first-order valence-electron chi connectivity index (χ1n) is 15.9. The van der Waals surface area contributed by atoms with E-state index in [9.17, 15) is 9.69 Å². The van der Waals surface area contributed by atoms with E-state index in [1.165, 1.54) is 0 Å². The van der Waals surface area contributed by atoms with E-state index in [0.717, 1.165) is 38.7 Å². The summed E-state index contributed by atoms with van der Waals surface area (Å²) < 4.78 is 53.7. The molecular formula is C29H59NO12PS-. The SMILES string of the molecule is CCCOCCOCCOCCOCCOCCOCCOCCOCCC(=O)NCCCCCCOP([O-])(=S)OC(C)C. The summed E-state index contributed by atoms with van der Waals surface area (Å²) in [4.78, 5) is 23.7. The van der Waals surface area contributed by atoms with Crippen LogP contribution in [-0.4, -0.2) is 131 Å². The van der Waals surface area contributed by atoms with Crippen molar-refractivity contribution in [2.24, 2.45) is 0 Å². The highest BCUT2D eigenvalue weighted by molar-refractivity contribution is 8.06. The van der Waals surface area contributed by atoms with Crippen molar-refractivity contribution in [1.29, 1.82) is 0 Å². The van der Waals surface area contributed by atoms with Crippen molar-refractivity contribution in [1.82, 2.24) is 5.32 Å². The van der Waals surface area contributed by atoms with Crippen molar-refractivity contribution >= 4 is 24.4 Å². The quantitative estimate of drug-likeness (QED) is 0.0768. The molecule has 0 bridgehead atoms. The van der Waals surface area contributed by atoms with E-state index in [0.29, 0.717) is 119 Å². The number of ether oxygens (including phenoxy) is 8. The molecule has 0 spiro atoms. The number of carbonyl (C=O) groups is 1. The van der Waals surface area contributed by atoms with Gasteiger partial charge in [0.15, 0.2) is 0 Å². The Morgan fingerprint density at radius 3 is 1.41 bits per heavy atom. The van der Waals surface area contributed by atoms with Gasteiger partial charge in [0.25, 0.3) is 0 Å². The first-order chi connectivity index (χ1) is 21.4. The normalized spacial score (nSPS) is 13.0. The van der Waals surface area contributed by atoms with Gasteiger partial charge in [-0.15, -0.1) is 0 Å². The molecule has 0 saturated heterocycles. The lowest BCUT2D eigenvalue weighted by Gasteiger charge is -2.29. The minimum absolute atomic E-state index is 0.0375. The minimum Gasteiger partial charge on any atom is -0.780 e. The van der Waals surface area contributed by atoms with Gasteiger partial charge in [-0.25, -0.2) is 0 Å². The second kappa shape index (κ2) is 34.0.